The number of nitrogens with one attached hydrogen (secondary N) is 1. The van der Waals surface area contributed by atoms with Crippen molar-refractivity contribution in [1.82, 2.24) is 0 Å². The molecule has 5 nitrogen and oxygen atoms in total. The van der Waals surface area contributed by atoms with Crippen molar-refractivity contribution in [3.63, 3.8) is 0 Å². The van der Waals surface area contributed by atoms with E-state index in [0.717, 1.165) is 6.26 Å². The minimum Gasteiger partial charge on any atom is -0.483 e. The van der Waals surface area contributed by atoms with E-state index in [4.69, 9.17) is 4.74 Å². The molecule has 2 rings (SSSR count). The molecule has 23 heavy (non-hydrogen) atoms. The number of amides is 1. The molecule has 0 fully saturated rings. The molecule has 0 saturated heterocycles. The van der Waals surface area contributed by atoms with Crippen molar-refractivity contribution in [2.75, 3.05) is 18.2 Å². The molecule has 0 aromatic heterocycles. The second-order valence-corrected chi connectivity index (χ2v) is 7.52. The molecule has 0 heterocycles. The summed E-state index contributed by atoms with van der Waals surface area (Å²) in [7, 11) is -3.46. The first-order chi connectivity index (χ1) is 10.8. The topological polar surface area (TPSA) is 72.5 Å². The molecule has 8 heteroatoms. The summed E-state index contributed by atoms with van der Waals surface area (Å²) in [6, 6.07) is 9.88. The average molecular weight is 402 g/mol. The highest BCUT2D eigenvalue weighted by atomic mass is 79.9. The Morgan fingerprint density at radius 1 is 1.26 bits per heavy atom. The van der Waals surface area contributed by atoms with Gasteiger partial charge in [-0.25, -0.2) is 12.8 Å². The predicted molar refractivity (Wildman–Crippen MR) is 87.8 cm³/mol. The molecule has 0 radical (unpaired) electrons. The van der Waals surface area contributed by atoms with Crippen LogP contribution < -0.4 is 10.1 Å². The number of sulfone groups is 1. The van der Waals surface area contributed by atoms with Crippen LogP contribution in [0.5, 0.6) is 5.75 Å². The van der Waals surface area contributed by atoms with Crippen molar-refractivity contribution >= 4 is 37.4 Å². The van der Waals surface area contributed by atoms with Gasteiger partial charge in [-0.05, 0) is 46.3 Å². The van der Waals surface area contributed by atoms with E-state index in [1.54, 1.807) is 12.1 Å². The van der Waals surface area contributed by atoms with Crippen LogP contribution in [0.25, 0.3) is 0 Å². The molecule has 0 aliphatic rings. The third kappa shape index (κ3) is 4.77. The quantitative estimate of drug-likeness (QED) is 0.835. The van der Waals surface area contributed by atoms with E-state index in [1.807, 2.05) is 0 Å². The molecule has 0 aliphatic heterocycles. The lowest BCUT2D eigenvalue weighted by Crippen LogP contribution is -2.21. The predicted octanol–water partition coefficient (Wildman–Crippen LogP) is 3.01. The maximum absolute atomic E-state index is 13.0. The smallest absolute Gasteiger partial charge is 0.262 e. The number of benzene rings is 2. The number of halogens is 2. The summed E-state index contributed by atoms with van der Waals surface area (Å²) in [5, 5.41) is 2.49. The number of hydrogen-bond donors (Lipinski definition) is 1. The number of carbonyl (C=O) groups excluding carboxylic acids is 1. The van der Waals surface area contributed by atoms with E-state index in [2.05, 4.69) is 21.2 Å². The normalized spacial score (nSPS) is 11.1. The largest absolute Gasteiger partial charge is 0.483 e. The van der Waals surface area contributed by atoms with E-state index in [9.17, 15) is 17.6 Å². The Morgan fingerprint density at radius 2 is 1.96 bits per heavy atom. The highest BCUT2D eigenvalue weighted by Gasteiger charge is 2.15. The lowest BCUT2D eigenvalue weighted by molar-refractivity contribution is -0.118. The van der Waals surface area contributed by atoms with E-state index < -0.39 is 21.6 Å². The average Bonchev–Trinajstić information content (AvgIpc) is 2.46. The highest BCUT2D eigenvalue weighted by Crippen LogP contribution is 2.25. The Morgan fingerprint density at radius 3 is 2.61 bits per heavy atom. The first-order valence-corrected chi connectivity index (χ1v) is 9.12. The molecule has 122 valence electrons. The molecule has 0 atom stereocenters. The summed E-state index contributed by atoms with van der Waals surface area (Å²) in [6.45, 7) is -0.345. The Hall–Kier alpha value is -1.93. The van der Waals surface area contributed by atoms with Gasteiger partial charge in [0.15, 0.2) is 16.4 Å². The Labute approximate surface area is 141 Å². The lowest BCUT2D eigenvalue weighted by atomic mass is 10.3. The summed E-state index contributed by atoms with van der Waals surface area (Å²) in [6.07, 6.45) is 1.06. The van der Waals surface area contributed by atoms with Crippen LogP contribution in [0.4, 0.5) is 10.1 Å². The Kier molecular flexibility index (Phi) is 5.38. The van der Waals surface area contributed by atoms with Crippen LogP contribution in [0.15, 0.2) is 51.8 Å². The molecule has 1 N–H and O–H groups in total. The van der Waals surface area contributed by atoms with Gasteiger partial charge < -0.3 is 10.1 Å². The first kappa shape index (κ1) is 17.4. The molecule has 1 amide bonds. The summed E-state index contributed by atoms with van der Waals surface area (Å²) in [5.74, 6) is -0.661. The third-order valence-electron chi connectivity index (χ3n) is 2.81. The van der Waals surface area contributed by atoms with E-state index in [1.165, 1.54) is 30.3 Å². The van der Waals surface area contributed by atoms with Gasteiger partial charge in [0.1, 0.15) is 11.6 Å². The molecule has 2 aromatic carbocycles. The van der Waals surface area contributed by atoms with Gasteiger partial charge in [0, 0.05) is 6.26 Å². The molecule has 0 unspecified atom stereocenters. The number of para-hydroxylation sites is 1. The minimum absolute atomic E-state index is 0.0244. The van der Waals surface area contributed by atoms with Crippen LogP contribution >= 0.6 is 15.9 Å². The Balaban J connectivity index is 2.06. The number of rotatable bonds is 5. The number of ether oxygens (including phenoxy) is 1. The van der Waals surface area contributed by atoms with Gasteiger partial charge in [0.05, 0.1) is 15.1 Å². The summed E-state index contributed by atoms with van der Waals surface area (Å²) < 4.78 is 42.0. The van der Waals surface area contributed by atoms with Crippen LogP contribution in [-0.2, 0) is 14.6 Å². The van der Waals surface area contributed by atoms with Gasteiger partial charge in [-0.1, -0.05) is 12.1 Å². The zero-order valence-electron chi connectivity index (χ0n) is 12.0. The standard InChI is InChI=1S/C15H13BrFNO4S/c1-23(20,21)14-5-3-2-4-12(14)18-15(19)9-22-13-7-6-10(17)8-11(13)16/h2-8H,9H2,1H3,(H,18,19). The zero-order chi connectivity index (χ0) is 17.0. The van der Waals surface area contributed by atoms with Crippen molar-refractivity contribution in [1.29, 1.82) is 0 Å². The van der Waals surface area contributed by atoms with Crippen molar-refractivity contribution in [3.05, 3.63) is 52.8 Å². The first-order valence-electron chi connectivity index (χ1n) is 6.44. The second-order valence-electron chi connectivity index (χ2n) is 4.68. The maximum atomic E-state index is 13.0. The van der Waals surface area contributed by atoms with Gasteiger partial charge in [-0.2, -0.15) is 0 Å². The lowest BCUT2D eigenvalue weighted by Gasteiger charge is -2.11. The van der Waals surface area contributed by atoms with Gasteiger partial charge in [-0.3, -0.25) is 4.79 Å². The molecule has 0 spiro atoms. The van der Waals surface area contributed by atoms with Crippen molar-refractivity contribution in [2.24, 2.45) is 0 Å². The number of anilines is 1. The Bertz CT molecular complexity index is 839. The monoisotopic (exact) mass is 401 g/mol. The summed E-state index contributed by atoms with van der Waals surface area (Å²) in [4.78, 5) is 11.9. The number of hydrogen-bond acceptors (Lipinski definition) is 4. The van der Waals surface area contributed by atoms with Crippen molar-refractivity contribution in [3.8, 4) is 5.75 Å². The van der Waals surface area contributed by atoms with Crippen LogP contribution in [0.3, 0.4) is 0 Å². The molecular weight excluding hydrogens is 389 g/mol. The van der Waals surface area contributed by atoms with Gasteiger partial charge in [-0.15, -0.1) is 0 Å². The summed E-state index contributed by atoms with van der Waals surface area (Å²) in [5.41, 5.74) is 0.182. The molecule has 0 bridgehead atoms. The highest BCUT2D eigenvalue weighted by molar-refractivity contribution is 9.10. The van der Waals surface area contributed by atoms with Gasteiger partial charge >= 0.3 is 0 Å². The molecular formula is C15H13BrFNO4S. The van der Waals surface area contributed by atoms with Gasteiger partial charge in [0.2, 0.25) is 0 Å². The van der Waals surface area contributed by atoms with Crippen LogP contribution in [-0.4, -0.2) is 27.2 Å². The van der Waals surface area contributed by atoms with Crippen molar-refractivity contribution < 1.29 is 22.3 Å². The van der Waals surface area contributed by atoms with Crippen LogP contribution in [0.1, 0.15) is 0 Å². The number of carbonyl (C=O) groups is 1. The fourth-order valence-electron chi connectivity index (χ4n) is 1.82. The summed E-state index contributed by atoms with van der Waals surface area (Å²) >= 11 is 3.13. The van der Waals surface area contributed by atoms with E-state index in [0.29, 0.717) is 10.2 Å². The third-order valence-corrected chi connectivity index (χ3v) is 4.59. The molecule has 0 aliphatic carbocycles. The fourth-order valence-corrected chi connectivity index (χ4v) is 3.12. The minimum atomic E-state index is -3.46. The van der Waals surface area contributed by atoms with Crippen LogP contribution in [0.2, 0.25) is 0 Å². The molecule has 2 aromatic rings. The SMILES string of the molecule is CS(=O)(=O)c1ccccc1NC(=O)COc1ccc(F)cc1Br. The fraction of sp³-hybridized carbons (Fsp3) is 0.133. The van der Waals surface area contributed by atoms with E-state index in [-0.39, 0.29) is 17.2 Å². The molecule has 0 saturated carbocycles. The van der Waals surface area contributed by atoms with E-state index >= 15 is 0 Å². The zero-order valence-corrected chi connectivity index (χ0v) is 14.4. The van der Waals surface area contributed by atoms with Crippen molar-refractivity contribution in [2.45, 2.75) is 4.90 Å². The van der Waals surface area contributed by atoms with Crippen LogP contribution in [0, 0.1) is 5.82 Å². The second kappa shape index (κ2) is 7.10. The maximum Gasteiger partial charge on any atom is 0.262 e. The van der Waals surface area contributed by atoms with Gasteiger partial charge in [0.25, 0.3) is 5.91 Å².